The van der Waals surface area contributed by atoms with Gasteiger partial charge in [0.2, 0.25) is 0 Å². The predicted molar refractivity (Wildman–Crippen MR) is 108 cm³/mol. The van der Waals surface area contributed by atoms with Crippen LogP contribution >= 0.6 is 0 Å². The summed E-state index contributed by atoms with van der Waals surface area (Å²) in [6.45, 7) is 0. The Morgan fingerprint density at radius 1 is 0.903 bits per heavy atom. The van der Waals surface area contributed by atoms with Crippen molar-refractivity contribution >= 4 is 11.4 Å². The van der Waals surface area contributed by atoms with Crippen LogP contribution in [-0.2, 0) is 0 Å². The molecule has 0 fully saturated rings. The fourth-order valence-electron chi connectivity index (χ4n) is 2.96. The Labute approximate surface area is 175 Å². The molecule has 0 saturated heterocycles. The molecule has 0 atom stereocenters. The molecule has 11 nitrogen and oxygen atoms in total. The molecule has 0 aliphatic heterocycles. The quantitative estimate of drug-likeness (QED) is 0.267. The molecule has 31 heavy (non-hydrogen) atoms. The molecule has 154 valence electrons. The van der Waals surface area contributed by atoms with E-state index in [1.165, 1.54) is 59.2 Å². The number of non-ortho nitro benzene ring substituents is 2. The largest absolute Gasteiger partial charge is 0.494 e. The summed E-state index contributed by atoms with van der Waals surface area (Å²) >= 11 is 0. The van der Waals surface area contributed by atoms with E-state index in [0.717, 1.165) is 5.56 Å². The summed E-state index contributed by atoms with van der Waals surface area (Å²) in [6, 6.07) is 19.2. The number of hydrogen-bond acceptors (Lipinski definition) is 7. The van der Waals surface area contributed by atoms with Gasteiger partial charge < -0.3 is 4.74 Å². The molecule has 4 aromatic rings. The van der Waals surface area contributed by atoms with Crippen LogP contribution in [0.2, 0.25) is 0 Å². The minimum Gasteiger partial charge on any atom is -0.494 e. The Morgan fingerprint density at radius 3 is 2.16 bits per heavy atom. The first-order chi connectivity index (χ1) is 15.0. The van der Waals surface area contributed by atoms with Gasteiger partial charge in [-0.25, -0.2) is 0 Å². The van der Waals surface area contributed by atoms with Gasteiger partial charge in [-0.2, -0.15) is 0 Å². The Kier molecular flexibility index (Phi) is 5.06. The minimum atomic E-state index is -0.520. The molecule has 11 heteroatoms. The topological polar surface area (TPSA) is 130 Å². The fourth-order valence-corrected chi connectivity index (χ4v) is 2.96. The van der Waals surface area contributed by atoms with Crippen LogP contribution < -0.4 is 9.53 Å². The highest BCUT2D eigenvalue weighted by Crippen LogP contribution is 2.27. The van der Waals surface area contributed by atoms with Crippen LogP contribution in [0.5, 0.6) is 5.75 Å². The summed E-state index contributed by atoms with van der Waals surface area (Å²) in [5.41, 5.74) is 1.46. The molecule has 0 amide bonds. The van der Waals surface area contributed by atoms with Crippen molar-refractivity contribution in [3.8, 4) is 28.5 Å². The van der Waals surface area contributed by atoms with E-state index in [0.29, 0.717) is 17.2 Å². The first-order valence-electron chi connectivity index (χ1n) is 9.00. The molecule has 1 aromatic heterocycles. The van der Waals surface area contributed by atoms with Crippen LogP contribution in [0.15, 0.2) is 72.8 Å². The Bertz CT molecular complexity index is 1270. The van der Waals surface area contributed by atoms with Crippen molar-refractivity contribution in [3.05, 3.63) is 93.0 Å². The van der Waals surface area contributed by atoms with Crippen molar-refractivity contribution in [2.75, 3.05) is 7.11 Å². The van der Waals surface area contributed by atoms with Crippen LogP contribution in [0.3, 0.4) is 0 Å². The van der Waals surface area contributed by atoms with E-state index in [2.05, 4.69) is 10.2 Å². The molecule has 0 saturated carbocycles. The maximum atomic E-state index is 11.1. The number of methoxy groups -OCH3 is 1. The Morgan fingerprint density at radius 2 is 1.55 bits per heavy atom. The van der Waals surface area contributed by atoms with Gasteiger partial charge in [-0.15, -0.1) is 0 Å². The molecule has 4 rings (SSSR count). The highest BCUT2D eigenvalue weighted by atomic mass is 16.6. The fraction of sp³-hybridized carbons (Fsp3) is 0.0500. The second-order valence-corrected chi connectivity index (χ2v) is 6.36. The molecule has 0 radical (unpaired) electrons. The summed E-state index contributed by atoms with van der Waals surface area (Å²) < 4.78 is 5.35. The molecular weight excluding hydrogens is 404 g/mol. The van der Waals surface area contributed by atoms with Crippen LogP contribution in [0.25, 0.3) is 22.8 Å². The SMILES string of the molecule is COc1cc([N+](=O)[O-])ccc1-n1nc(-c2ccccc2)n[n+]1-c1ccc([N+](=O)[O-])cc1. The van der Waals surface area contributed by atoms with Gasteiger partial charge in [0, 0.05) is 23.0 Å². The van der Waals surface area contributed by atoms with Gasteiger partial charge in [0.15, 0.2) is 17.1 Å². The zero-order chi connectivity index (χ0) is 22.0. The normalized spacial score (nSPS) is 10.6. The first-order valence-corrected chi connectivity index (χ1v) is 9.00. The highest BCUT2D eigenvalue weighted by Gasteiger charge is 2.27. The van der Waals surface area contributed by atoms with E-state index < -0.39 is 9.85 Å². The number of tetrazole rings is 1. The van der Waals surface area contributed by atoms with Gasteiger partial charge in [0.1, 0.15) is 0 Å². The summed E-state index contributed by atoms with van der Waals surface area (Å²) in [5.74, 6) is 0.605. The van der Waals surface area contributed by atoms with E-state index in [4.69, 9.17) is 4.74 Å². The molecule has 1 heterocycles. The lowest BCUT2D eigenvalue weighted by Gasteiger charge is -2.05. The molecule has 0 aliphatic rings. The number of nitro groups is 2. The number of aromatic nitrogens is 4. The first kappa shape index (κ1) is 19.6. The average Bonchev–Trinajstić information content (AvgIpc) is 3.24. The van der Waals surface area contributed by atoms with Gasteiger partial charge in [-0.3, -0.25) is 20.2 Å². The maximum absolute atomic E-state index is 11.1. The molecule has 0 bridgehead atoms. The van der Waals surface area contributed by atoms with Crippen LogP contribution in [-0.4, -0.2) is 32.0 Å². The molecule has 0 N–H and O–H groups in total. The van der Waals surface area contributed by atoms with E-state index in [1.807, 2.05) is 30.3 Å². The Balaban J connectivity index is 1.91. The number of benzene rings is 3. The standard InChI is InChI=1S/C20H15N6O5/c1-31-19-13-17(26(29)30)11-12-18(19)24-22-20(14-5-3-2-4-6-14)21-23(24)15-7-9-16(10-8-15)25(27)28/h2-13H,1H3/q+1. The third-order valence-corrected chi connectivity index (χ3v) is 4.47. The van der Waals surface area contributed by atoms with E-state index in [1.54, 1.807) is 0 Å². The lowest BCUT2D eigenvalue weighted by Crippen LogP contribution is -2.43. The van der Waals surface area contributed by atoms with E-state index in [-0.39, 0.29) is 17.1 Å². The lowest BCUT2D eigenvalue weighted by atomic mass is 10.2. The number of ether oxygens (including phenoxy) is 1. The Hall–Kier alpha value is -4.67. The van der Waals surface area contributed by atoms with Gasteiger partial charge in [0.05, 0.1) is 33.7 Å². The van der Waals surface area contributed by atoms with Crippen LogP contribution in [0.1, 0.15) is 0 Å². The van der Waals surface area contributed by atoms with Crippen LogP contribution in [0, 0.1) is 20.2 Å². The van der Waals surface area contributed by atoms with Crippen molar-refractivity contribution in [1.82, 2.24) is 15.0 Å². The number of nitrogens with zero attached hydrogens (tertiary/aromatic N) is 6. The zero-order valence-corrected chi connectivity index (χ0v) is 16.2. The average molecular weight is 419 g/mol. The second kappa shape index (κ2) is 7.99. The third-order valence-electron chi connectivity index (χ3n) is 4.47. The molecule has 3 aromatic carbocycles. The van der Waals surface area contributed by atoms with Crippen molar-refractivity contribution in [2.45, 2.75) is 0 Å². The summed E-state index contributed by atoms with van der Waals surface area (Å²) in [5, 5.41) is 31.2. The smallest absolute Gasteiger partial charge is 0.340 e. The number of nitro benzene ring substituents is 2. The van der Waals surface area contributed by atoms with Crippen molar-refractivity contribution in [1.29, 1.82) is 0 Å². The van der Waals surface area contributed by atoms with E-state index in [9.17, 15) is 20.2 Å². The van der Waals surface area contributed by atoms with Gasteiger partial charge in [0.25, 0.3) is 11.4 Å². The third kappa shape index (κ3) is 3.79. The van der Waals surface area contributed by atoms with E-state index >= 15 is 0 Å². The van der Waals surface area contributed by atoms with Crippen molar-refractivity contribution < 1.29 is 19.4 Å². The highest BCUT2D eigenvalue weighted by molar-refractivity contribution is 5.55. The number of hydrogen-bond donors (Lipinski definition) is 0. The zero-order valence-electron chi connectivity index (χ0n) is 16.2. The lowest BCUT2D eigenvalue weighted by molar-refractivity contribution is -0.734. The monoisotopic (exact) mass is 419 g/mol. The maximum Gasteiger partial charge on any atom is 0.340 e. The molecule has 0 spiro atoms. The van der Waals surface area contributed by atoms with Crippen LogP contribution in [0.4, 0.5) is 11.4 Å². The van der Waals surface area contributed by atoms with Crippen molar-refractivity contribution in [3.63, 3.8) is 0 Å². The summed E-state index contributed by atoms with van der Waals surface area (Å²) in [7, 11) is 1.40. The number of rotatable bonds is 6. The summed E-state index contributed by atoms with van der Waals surface area (Å²) in [6.07, 6.45) is 0. The molecule has 0 aliphatic carbocycles. The molecular formula is C20H15N6O5+. The van der Waals surface area contributed by atoms with Gasteiger partial charge in [-0.05, 0) is 40.2 Å². The summed E-state index contributed by atoms with van der Waals surface area (Å²) in [4.78, 5) is 24.0. The predicted octanol–water partition coefficient (Wildman–Crippen LogP) is 3.04. The second-order valence-electron chi connectivity index (χ2n) is 6.36. The molecule has 0 unspecified atom stereocenters. The minimum absolute atomic E-state index is 0.0633. The van der Waals surface area contributed by atoms with Crippen molar-refractivity contribution in [2.24, 2.45) is 0 Å². The van der Waals surface area contributed by atoms with Gasteiger partial charge in [-0.1, -0.05) is 18.2 Å². The van der Waals surface area contributed by atoms with Gasteiger partial charge >= 0.3 is 5.82 Å².